The molecule has 1 aliphatic rings. The van der Waals surface area contributed by atoms with Crippen molar-refractivity contribution in [1.82, 2.24) is 9.62 Å². The first-order valence-corrected chi connectivity index (χ1v) is 11.7. The molecule has 1 heterocycles. The Bertz CT molecular complexity index is 812. The molecule has 1 saturated heterocycles. The van der Waals surface area contributed by atoms with Crippen LogP contribution >= 0.6 is 23.4 Å². The van der Waals surface area contributed by atoms with Crippen molar-refractivity contribution in [1.29, 1.82) is 0 Å². The zero-order valence-corrected chi connectivity index (χ0v) is 17.8. The second-order valence-corrected chi connectivity index (χ2v) is 9.75. The van der Waals surface area contributed by atoms with Crippen LogP contribution in [0.5, 0.6) is 0 Å². The van der Waals surface area contributed by atoms with E-state index in [0.717, 1.165) is 5.75 Å². The Labute approximate surface area is 173 Å². The van der Waals surface area contributed by atoms with Crippen molar-refractivity contribution in [3.63, 3.8) is 0 Å². The maximum Gasteiger partial charge on any atom is 0.326 e. The number of ether oxygens (including phenoxy) is 1. The predicted molar refractivity (Wildman–Crippen MR) is 108 cm³/mol. The third-order valence-electron chi connectivity index (χ3n) is 4.15. The Morgan fingerprint density at radius 3 is 2.64 bits per heavy atom. The van der Waals surface area contributed by atoms with E-state index < -0.39 is 27.9 Å². The van der Waals surface area contributed by atoms with Crippen LogP contribution in [0.3, 0.4) is 0 Å². The lowest BCUT2D eigenvalue weighted by atomic mass is 10.1. The van der Waals surface area contributed by atoms with E-state index in [1.807, 2.05) is 6.92 Å². The number of aliphatic carboxylic acids is 1. The molecule has 156 valence electrons. The maximum absolute atomic E-state index is 12.8. The topological polar surface area (TPSA) is 113 Å². The maximum atomic E-state index is 12.8. The number of nitrogens with one attached hydrogen (secondary N) is 1. The number of sulfonamides is 1. The van der Waals surface area contributed by atoms with E-state index in [-0.39, 0.29) is 35.0 Å². The number of halogens is 1. The van der Waals surface area contributed by atoms with Gasteiger partial charge >= 0.3 is 5.97 Å². The number of hydrogen-bond acceptors (Lipinski definition) is 6. The average molecular weight is 451 g/mol. The van der Waals surface area contributed by atoms with Crippen LogP contribution in [0.15, 0.2) is 23.1 Å². The standard InChI is InChI=1S/C17H23ClN2O6S2/c1-2-27-10-5-15(17(22)23)19-16(21)13-11-12(3-4-14(13)18)28(24,25)20-6-8-26-9-7-20/h3-4,11,15H,2,5-10H2,1H3,(H,19,21)(H,22,23). The van der Waals surface area contributed by atoms with Gasteiger partial charge in [-0.3, -0.25) is 4.79 Å². The fourth-order valence-corrected chi connectivity index (χ4v) is 4.94. The summed E-state index contributed by atoms with van der Waals surface area (Å²) in [5.74, 6) is -0.461. The molecule has 2 rings (SSSR count). The van der Waals surface area contributed by atoms with Gasteiger partial charge in [0.2, 0.25) is 10.0 Å². The smallest absolute Gasteiger partial charge is 0.326 e. The summed E-state index contributed by atoms with van der Waals surface area (Å²) < 4.78 is 32.0. The average Bonchev–Trinajstić information content (AvgIpc) is 2.68. The highest BCUT2D eigenvalue weighted by Gasteiger charge is 2.28. The van der Waals surface area contributed by atoms with E-state index in [9.17, 15) is 23.1 Å². The van der Waals surface area contributed by atoms with Gasteiger partial charge in [-0.1, -0.05) is 18.5 Å². The van der Waals surface area contributed by atoms with Crippen molar-refractivity contribution < 1.29 is 27.9 Å². The van der Waals surface area contributed by atoms with Crippen LogP contribution in [0.2, 0.25) is 5.02 Å². The molecule has 1 atom stereocenters. The third-order valence-corrected chi connectivity index (χ3v) is 7.31. The number of rotatable bonds is 9. The van der Waals surface area contributed by atoms with Gasteiger partial charge in [0.1, 0.15) is 6.04 Å². The molecular formula is C17H23ClN2O6S2. The minimum Gasteiger partial charge on any atom is -0.480 e. The van der Waals surface area contributed by atoms with Crippen LogP contribution in [0, 0.1) is 0 Å². The first-order chi connectivity index (χ1) is 13.3. The second-order valence-electron chi connectivity index (χ2n) is 6.01. The third kappa shape index (κ3) is 5.84. The van der Waals surface area contributed by atoms with Gasteiger partial charge in [0.15, 0.2) is 0 Å². The van der Waals surface area contributed by atoms with E-state index in [0.29, 0.717) is 19.0 Å². The Morgan fingerprint density at radius 1 is 1.36 bits per heavy atom. The van der Waals surface area contributed by atoms with Crippen molar-refractivity contribution >= 4 is 45.3 Å². The molecule has 1 aromatic carbocycles. The van der Waals surface area contributed by atoms with Crippen LogP contribution in [0.25, 0.3) is 0 Å². The van der Waals surface area contributed by atoms with Crippen molar-refractivity contribution in [2.75, 3.05) is 37.8 Å². The summed E-state index contributed by atoms with van der Waals surface area (Å²) in [6.07, 6.45) is 0.253. The Kier molecular flexibility index (Phi) is 8.56. The molecule has 2 N–H and O–H groups in total. The monoisotopic (exact) mass is 450 g/mol. The molecule has 0 saturated carbocycles. The van der Waals surface area contributed by atoms with Gasteiger partial charge in [-0.25, -0.2) is 13.2 Å². The van der Waals surface area contributed by atoms with E-state index in [4.69, 9.17) is 16.3 Å². The van der Waals surface area contributed by atoms with Gasteiger partial charge in [0, 0.05) is 13.1 Å². The molecule has 1 fully saturated rings. The number of hydrogen-bond donors (Lipinski definition) is 2. The summed E-state index contributed by atoms with van der Waals surface area (Å²) in [6, 6.07) is 2.76. The number of carbonyl (C=O) groups is 2. The second kappa shape index (κ2) is 10.4. The number of morpholine rings is 1. The molecule has 11 heteroatoms. The predicted octanol–water partition coefficient (Wildman–Crippen LogP) is 1.69. The number of benzene rings is 1. The molecular weight excluding hydrogens is 428 g/mol. The number of carboxylic acid groups (broad SMARTS) is 1. The molecule has 0 bridgehead atoms. The summed E-state index contributed by atoms with van der Waals surface area (Å²) in [6.45, 7) is 3.01. The Balaban J connectivity index is 2.21. The largest absolute Gasteiger partial charge is 0.480 e. The first-order valence-electron chi connectivity index (χ1n) is 8.76. The molecule has 28 heavy (non-hydrogen) atoms. The SMILES string of the molecule is CCSCCC(NC(=O)c1cc(S(=O)(=O)N2CCOCC2)ccc1Cl)C(=O)O. The number of nitrogens with zero attached hydrogens (tertiary/aromatic N) is 1. The summed E-state index contributed by atoms with van der Waals surface area (Å²) in [5, 5.41) is 11.8. The Morgan fingerprint density at radius 2 is 2.04 bits per heavy atom. The lowest BCUT2D eigenvalue weighted by Crippen LogP contribution is -2.42. The first kappa shape index (κ1) is 23.0. The summed E-state index contributed by atoms with van der Waals surface area (Å²) in [7, 11) is -3.80. The molecule has 1 aliphatic heterocycles. The normalized spacial score (nSPS) is 16.5. The van der Waals surface area contributed by atoms with Gasteiger partial charge in [0.25, 0.3) is 5.91 Å². The van der Waals surface area contributed by atoms with Crippen LogP contribution in [-0.4, -0.2) is 73.6 Å². The van der Waals surface area contributed by atoms with E-state index in [1.54, 1.807) is 11.8 Å². The van der Waals surface area contributed by atoms with Gasteiger partial charge in [-0.05, 0) is 36.1 Å². The Hall–Kier alpha value is -1.33. The summed E-state index contributed by atoms with van der Waals surface area (Å²) >= 11 is 7.64. The van der Waals surface area contributed by atoms with Crippen LogP contribution < -0.4 is 5.32 Å². The fraction of sp³-hybridized carbons (Fsp3) is 0.529. The van der Waals surface area contributed by atoms with E-state index >= 15 is 0 Å². The van der Waals surface area contributed by atoms with Crippen molar-refractivity contribution in [3.05, 3.63) is 28.8 Å². The molecule has 0 spiro atoms. The van der Waals surface area contributed by atoms with Crippen molar-refractivity contribution in [2.45, 2.75) is 24.3 Å². The minimum atomic E-state index is -3.80. The molecule has 0 aromatic heterocycles. The van der Waals surface area contributed by atoms with Crippen molar-refractivity contribution in [3.8, 4) is 0 Å². The molecule has 0 aliphatic carbocycles. The molecule has 8 nitrogen and oxygen atoms in total. The molecule has 0 radical (unpaired) electrons. The fourth-order valence-electron chi connectivity index (χ4n) is 2.61. The van der Waals surface area contributed by atoms with Crippen LogP contribution in [-0.2, 0) is 19.6 Å². The quantitative estimate of drug-likeness (QED) is 0.550. The van der Waals surface area contributed by atoms with E-state index in [1.165, 1.54) is 22.5 Å². The number of thioether (sulfide) groups is 1. The van der Waals surface area contributed by atoms with Gasteiger partial charge in [-0.15, -0.1) is 0 Å². The number of carbonyl (C=O) groups excluding carboxylic acids is 1. The zero-order chi connectivity index (χ0) is 20.7. The zero-order valence-electron chi connectivity index (χ0n) is 15.4. The highest BCUT2D eigenvalue weighted by molar-refractivity contribution is 7.99. The highest BCUT2D eigenvalue weighted by atomic mass is 35.5. The molecule has 1 aromatic rings. The van der Waals surface area contributed by atoms with Crippen LogP contribution in [0.1, 0.15) is 23.7 Å². The molecule has 1 amide bonds. The summed E-state index contributed by atoms with van der Waals surface area (Å²) in [4.78, 5) is 23.9. The number of carboxylic acids is 1. The highest BCUT2D eigenvalue weighted by Crippen LogP contribution is 2.24. The van der Waals surface area contributed by atoms with Gasteiger partial charge in [0.05, 0.1) is 28.7 Å². The molecule has 1 unspecified atom stereocenters. The minimum absolute atomic E-state index is 0.0468. The number of amides is 1. The van der Waals surface area contributed by atoms with E-state index in [2.05, 4.69) is 5.32 Å². The van der Waals surface area contributed by atoms with Crippen LogP contribution in [0.4, 0.5) is 0 Å². The van der Waals surface area contributed by atoms with Crippen molar-refractivity contribution in [2.24, 2.45) is 0 Å². The van der Waals surface area contributed by atoms with Gasteiger partial charge in [-0.2, -0.15) is 16.1 Å². The lowest BCUT2D eigenvalue weighted by Gasteiger charge is -2.26. The summed E-state index contributed by atoms with van der Waals surface area (Å²) in [5.41, 5.74) is -0.0783. The van der Waals surface area contributed by atoms with Gasteiger partial charge < -0.3 is 15.2 Å². The lowest BCUT2D eigenvalue weighted by molar-refractivity contribution is -0.139.